The van der Waals surface area contributed by atoms with Gasteiger partial charge in [0.2, 0.25) is 0 Å². The molecule has 0 amide bonds. The molecule has 0 unspecified atom stereocenters. The fourth-order valence-corrected chi connectivity index (χ4v) is 5.40. The van der Waals surface area contributed by atoms with Crippen molar-refractivity contribution in [3.8, 4) is 11.5 Å². The van der Waals surface area contributed by atoms with E-state index >= 15 is 0 Å². The first-order chi connectivity index (χ1) is 19.7. The minimum Gasteiger partial charge on any atom is -0.508 e. The van der Waals surface area contributed by atoms with Crippen LogP contribution >= 0.6 is 0 Å². The molecule has 0 aliphatic heterocycles. The first kappa shape index (κ1) is 45.9. The monoisotopic (exact) mass is 647 g/mol. The Bertz CT molecular complexity index is 747. The van der Waals surface area contributed by atoms with Crippen molar-refractivity contribution in [2.24, 2.45) is 0 Å². The Labute approximate surface area is 276 Å². The second-order valence-electron chi connectivity index (χ2n) is 11.8. The number of para-hydroxylation sites is 2. The standard InChI is InChI=1S/2C19H32O.Co.2H2O/c2*1-2-3-4-5-6-7-8-9-10-11-12-15-18-16-13-14-17-19(18)20;;;/h2*13-14,16-17,20H,2-12,15H2,1H3;;2*1H2. The summed E-state index contributed by atoms with van der Waals surface area (Å²) in [6.07, 6.45) is 32.2. The minimum absolute atomic E-state index is 0. The second kappa shape index (κ2) is 35.0. The molecule has 43 heavy (non-hydrogen) atoms. The van der Waals surface area contributed by atoms with Crippen LogP contribution in [0.15, 0.2) is 48.5 Å². The molecule has 1 radical (unpaired) electrons. The van der Waals surface area contributed by atoms with Crippen molar-refractivity contribution in [3.63, 3.8) is 0 Å². The third-order valence-corrected chi connectivity index (χ3v) is 8.08. The van der Waals surface area contributed by atoms with E-state index < -0.39 is 0 Å². The van der Waals surface area contributed by atoms with Crippen molar-refractivity contribution in [2.45, 2.75) is 168 Å². The van der Waals surface area contributed by atoms with Gasteiger partial charge in [0.05, 0.1) is 0 Å². The number of aromatic hydroxyl groups is 2. The van der Waals surface area contributed by atoms with Gasteiger partial charge in [-0.2, -0.15) is 0 Å². The Morgan fingerprint density at radius 1 is 0.372 bits per heavy atom. The number of unbranched alkanes of at least 4 members (excludes halogenated alkanes) is 20. The largest absolute Gasteiger partial charge is 0.508 e. The Morgan fingerprint density at radius 3 is 0.860 bits per heavy atom. The van der Waals surface area contributed by atoms with Crippen molar-refractivity contribution >= 4 is 0 Å². The zero-order valence-corrected chi connectivity index (χ0v) is 28.9. The zero-order chi connectivity index (χ0) is 28.9. The molecule has 0 saturated heterocycles. The van der Waals surface area contributed by atoms with Crippen LogP contribution in [-0.2, 0) is 29.6 Å². The SMILES string of the molecule is CCCCCCCCCCCCCc1ccccc1O.CCCCCCCCCCCCCc1ccccc1O.O.O.[Co]. The van der Waals surface area contributed by atoms with Crippen LogP contribution in [0.3, 0.4) is 0 Å². The molecule has 5 heteroatoms. The van der Waals surface area contributed by atoms with Gasteiger partial charge in [0.15, 0.2) is 0 Å². The summed E-state index contributed by atoms with van der Waals surface area (Å²) in [5.74, 6) is 0.916. The van der Waals surface area contributed by atoms with Crippen molar-refractivity contribution in [2.75, 3.05) is 0 Å². The van der Waals surface area contributed by atoms with Gasteiger partial charge in [-0.05, 0) is 48.9 Å². The summed E-state index contributed by atoms with van der Waals surface area (Å²) in [6, 6.07) is 15.4. The van der Waals surface area contributed by atoms with E-state index in [-0.39, 0.29) is 27.7 Å². The van der Waals surface area contributed by atoms with Gasteiger partial charge in [0.25, 0.3) is 0 Å². The Balaban J connectivity index is -0.000000696. The molecular formula is C38H68CoO4. The maximum Gasteiger partial charge on any atom is 0.118 e. The van der Waals surface area contributed by atoms with E-state index in [0.29, 0.717) is 11.5 Å². The number of benzene rings is 2. The molecule has 4 nitrogen and oxygen atoms in total. The average Bonchev–Trinajstić information content (AvgIpc) is 2.97. The van der Waals surface area contributed by atoms with Gasteiger partial charge < -0.3 is 21.2 Å². The maximum atomic E-state index is 9.67. The number of hydrogen-bond acceptors (Lipinski definition) is 2. The third-order valence-electron chi connectivity index (χ3n) is 8.08. The Morgan fingerprint density at radius 2 is 0.605 bits per heavy atom. The van der Waals surface area contributed by atoms with Crippen LogP contribution in [0, 0.1) is 0 Å². The predicted octanol–water partition coefficient (Wildman–Crippen LogP) is 10.8. The molecule has 0 aromatic heterocycles. The first-order valence-electron chi connectivity index (χ1n) is 17.2. The summed E-state index contributed by atoms with van der Waals surface area (Å²) >= 11 is 0. The van der Waals surface area contributed by atoms with Crippen LogP contribution in [0.5, 0.6) is 11.5 Å². The molecule has 0 heterocycles. The van der Waals surface area contributed by atoms with Crippen molar-refractivity contribution in [1.82, 2.24) is 0 Å². The van der Waals surface area contributed by atoms with Crippen LogP contribution in [0.25, 0.3) is 0 Å². The average molecular weight is 648 g/mol. The smallest absolute Gasteiger partial charge is 0.118 e. The van der Waals surface area contributed by atoms with E-state index in [9.17, 15) is 10.2 Å². The summed E-state index contributed by atoms with van der Waals surface area (Å²) in [4.78, 5) is 0. The first-order valence-corrected chi connectivity index (χ1v) is 17.2. The molecular weight excluding hydrogens is 579 g/mol. The fraction of sp³-hybridized carbons (Fsp3) is 0.684. The molecule has 0 aliphatic rings. The Kier molecular flexibility index (Phi) is 37.3. The van der Waals surface area contributed by atoms with Crippen molar-refractivity contribution in [3.05, 3.63) is 59.7 Å². The summed E-state index contributed by atoms with van der Waals surface area (Å²) in [6.45, 7) is 4.55. The Hall–Kier alpha value is -1.53. The molecule has 0 aliphatic carbocycles. The van der Waals surface area contributed by atoms with Gasteiger partial charge in [-0.3, -0.25) is 0 Å². The van der Waals surface area contributed by atoms with Gasteiger partial charge in [-0.15, -0.1) is 0 Å². The second-order valence-corrected chi connectivity index (χ2v) is 11.8. The molecule has 253 valence electrons. The van der Waals surface area contributed by atoms with Gasteiger partial charge in [-0.25, -0.2) is 0 Å². The van der Waals surface area contributed by atoms with Crippen LogP contribution < -0.4 is 0 Å². The van der Waals surface area contributed by atoms with Crippen LogP contribution in [-0.4, -0.2) is 21.2 Å². The van der Waals surface area contributed by atoms with Crippen molar-refractivity contribution in [1.29, 1.82) is 0 Å². The zero-order valence-electron chi connectivity index (χ0n) is 27.8. The molecule has 2 rings (SSSR count). The van der Waals surface area contributed by atoms with E-state index in [2.05, 4.69) is 13.8 Å². The van der Waals surface area contributed by atoms with E-state index in [4.69, 9.17) is 0 Å². The molecule has 2 aromatic carbocycles. The number of rotatable bonds is 24. The molecule has 0 fully saturated rings. The van der Waals surface area contributed by atoms with Gasteiger partial charge in [-0.1, -0.05) is 179 Å². The quantitative estimate of drug-likeness (QED) is 0.111. The van der Waals surface area contributed by atoms with Crippen LogP contribution in [0.1, 0.15) is 166 Å². The molecule has 2 aromatic rings. The van der Waals surface area contributed by atoms with Crippen molar-refractivity contribution < 1.29 is 37.9 Å². The van der Waals surface area contributed by atoms with E-state index in [1.54, 1.807) is 12.1 Å². The predicted molar refractivity (Wildman–Crippen MR) is 184 cm³/mol. The normalized spacial score (nSPS) is 10.1. The molecule has 0 atom stereocenters. The number of phenols is 2. The fourth-order valence-electron chi connectivity index (χ4n) is 5.40. The molecule has 0 spiro atoms. The third kappa shape index (κ3) is 27.7. The minimum atomic E-state index is 0. The summed E-state index contributed by atoms with van der Waals surface area (Å²) < 4.78 is 0. The summed E-state index contributed by atoms with van der Waals surface area (Å²) in [5, 5.41) is 19.3. The van der Waals surface area contributed by atoms with Crippen LogP contribution in [0.4, 0.5) is 0 Å². The topological polar surface area (TPSA) is 103 Å². The molecule has 0 bridgehead atoms. The van der Waals surface area contributed by atoms with E-state index in [0.717, 1.165) is 24.0 Å². The van der Waals surface area contributed by atoms with E-state index in [1.165, 1.54) is 141 Å². The number of aryl methyl sites for hydroxylation is 2. The van der Waals surface area contributed by atoms with E-state index in [1.807, 2.05) is 36.4 Å². The van der Waals surface area contributed by atoms with Gasteiger partial charge in [0, 0.05) is 16.8 Å². The number of hydrogen-bond donors (Lipinski definition) is 2. The van der Waals surface area contributed by atoms with Gasteiger partial charge >= 0.3 is 0 Å². The molecule has 0 saturated carbocycles. The summed E-state index contributed by atoms with van der Waals surface area (Å²) in [7, 11) is 0. The van der Waals surface area contributed by atoms with Crippen LogP contribution in [0.2, 0.25) is 0 Å². The maximum absolute atomic E-state index is 9.67. The summed E-state index contributed by atoms with van der Waals surface area (Å²) in [5.41, 5.74) is 2.20. The molecule has 6 N–H and O–H groups in total. The van der Waals surface area contributed by atoms with Gasteiger partial charge in [0.1, 0.15) is 11.5 Å². The number of phenolic OH excluding ortho intramolecular Hbond substituents is 2.